The van der Waals surface area contributed by atoms with Gasteiger partial charge in [-0.15, -0.1) is 0 Å². The average Bonchev–Trinajstić information content (AvgIpc) is 2.29. The van der Waals surface area contributed by atoms with Crippen molar-refractivity contribution in [2.45, 2.75) is 12.1 Å². The average molecular weight is 154 g/mol. The number of rotatable bonds is 2. The third-order valence-electron chi connectivity index (χ3n) is 1.92. The van der Waals surface area contributed by atoms with Gasteiger partial charge in [0.25, 0.3) is 5.72 Å². The van der Waals surface area contributed by atoms with Gasteiger partial charge in [-0.05, 0) is 5.57 Å². The van der Waals surface area contributed by atoms with E-state index in [1.165, 1.54) is 5.32 Å². The highest BCUT2D eigenvalue weighted by Gasteiger charge is 2.41. The summed E-state index contributed by atoms with van der Waals surface area (Å²) in [5, 5.41) is 11.0. The second-order valence-electron chi connectivity index (χ2n) is 2.64. The van der Waals surface area contributed by atoms with Gasteiger partial charge in [-0.1, -0.05) is 12.7 Å². The van der Waals surface area contributed by atoms with Crippen LogP contribution in [0.1, 0.15) is 6.42 Å². The van der Waals surface area contributed by atoms with E-state index in [9.17, 15) is 9.90 Å². The number of carbonyl (C=O) groups excluding carboxylic acids is 1. The Kier molecular flexibility index (Phi) is 1.93. The zero-order chi connectivity index (χ0) is 8.48. The van der Waals surface area contributed by atoms with Gasteiger partial charge in [0.05, 0.1) is 7.05 Å². The maximum Gasteiger partial charge on any atom is 0.278 e. The van der Waals surface area contributed by atoms with E-state index in [0.29, 0.717) is 6.42 Å². The van der Waals surface area contributed by atoms with Crippen molar-refractivity contribution < 1.29 is 15.2 Å². The predicted octanol–water partition coefficient (Wildman–Crippen LogP) is -1.05. The van der Waals surface area contributed by atoms with Crippen molar-refractivity contribution >= 4 is 5.78 Å². The molecule has 0 aromatic carbocycles. The second kappa shape index (κ2) is 2.60. The molecule has 1 aliphatic rings. The van der Waals surface area contributed by atoms with E-state index in [0.717, 1.165) is 5.57 Å². The highest BCUT2D eigenvalue weighted by atomic mass is 16.3. The number of allylic oxidation sites excluding steroid dienone is 2. The molecule has 0 amide bonds. The quantitative estimate of drug-likeness (QED) is 0.499. The van der Waals surface area contributed by atoms with Crippen LogP contribution in [0.5, 0.6) is 0 Å². The Bertz CT molecular complexity index is 232. The van der Waals surface area contributed by atoms with E-state index >= 15 is 0 Å². The lowest BCUT2D eigenvalue weighted by Crippen LogP contribution is -2.95. The molecule has 3 nitrogen and oxygen atoms in total. The molecule has 1 rings (SSSR count). The van der Waals surface area contributed by atoms with Gasteiger partial charge in [0, 0.05) is 12.5 Å². The Morgan fingerprint density at radius 3 is 2.82 bits per heavy atom. The Labute approximate surface area is 65.4 Å². The third kappa shape index (κ3) is 1.25. The highest BCUT2D eigenvalue weighted by molar-refractivity contribution is 5.92. The summed E-state index contributed by atoms with van der Waals surface area (Å²) in [6.45, 7) is 3.53. The zero-order valence-corrected chi connectivity index (χ0v) is 6.50. The van der Waals surface area contributed by atoms with Crippen molar-refractivity contribution in [2.24, 2.45) is 0 Å². The van der Waals surface area contributed by atoms with E-state index in [4.69, 9.17) is 0 Å². The van der Waals surface area contributed by atoms with Crippen LogP contribution < -0.4 is 5.32 Å². The first-order valence-corrected chi connectivity index (χ1v) is 3.53. The second-order valence-corrected chi connectivity index (χ2v) is 2.64. The van der Waals surface area contributed by atoms with E-state index in [1.807, 2.05) is 0 Å². The molecule has 0 saturated heterocycles. The summed E-state index contributed by atoms with van der Waals surface area (Å²) in [5.41, 5.74) is -0.528. The van der Waals surface area contributed by atoms with Gasteiger partial charge in [0.1, 0.15) is 0 Å². The third-order valence-corrected chi connectivity index (χ3v) is 1.92. The van der Waals surface area contributed by atoms with E-state index < -0.39 is 5.72 Å². The Morgan fingerprint density at radius 1 is 1.91 bits per heavy atom. The lowest BCUT2D eigenvalue weighted by Gasteiger charge is -2.12. The number of nitrogens with two attached hydrogens (primary N) is 1. The van der Waals surface area contributed by atoms with Crippen molar-refractivity contribution in [2.75, 3.05) is 7.05 Å². The lowest BCUT2D eigenvalue weighted by atomic mass is 10.2. The molecule has 0 aromatic rings. The molecule has 0 saturated carbocycles. The summed E-state index contributed by atoms with van der Waals surface area (Å²) < 4.78 is 0. The minimum atomic E-state index is -1.33. The number of hydrogen-bond acceptors (Lipinski definition) is 2. The molecule has 60 valence electrons. The molecule has 0 radical (unpaired) electrons. The van der Waals surface area contributed by atoms with Crippen LogP contribution in [-0.4, -0.2) is 23.7 Å². The minimum absolute atomic E-state index is 0.171. The van der Waals surface area contributed by atoms with Crippen LogP contribution in [0, 0.1) is 0 Å². The van der Waals surface area contributed by atoms with Gasteiger partial charge >= 0.3 is 0 Å². The molecule has 0 heterocycles. The van der Waals surface area contributed by atoms with Crippen LogP contribution in [0.25, 0.3) is 0 Å². The van der Waals surface area contributed by atoms with Crippen molar-refractivity contribution in [1.29, 1.82) is 0 Å². The largest absolute Gasteiger partial charge is 0.333 e. The van der Waals surface area contributed by atoms with Crippen molar-refractivity contribution in [3.8, 4) is 0 Å². The fourth-order valence-electron chi connectivity index (χ4n) is 1.12. The molecule has 0 bridgehead atoms. The first kappa shape index (κ1) is 8.17. The van der Waals surface area contributed by atoms with Gasteiger partial charge < -0.3 is 10.4 Å². The fraction of sp³-hybridized carbons (Fsp3) is 0.375. The number of hydrogen-bond donors (Lipinski definition) is 2. The number of likely N-dealkylation sites (N-methyl/N-ethyl adjacent to an activating group) is 1. The molecule has 0 aliphatic heterocycles. The molecule has 1 atom stereocenters. The smallest absolute Gasteiger partial charge is 0.278 e. The first-order valence-electron chi connectivity index (χ1n) is 3.53. The van der Waals surface area contributed by atoms with Crippen molar-refractivity contribution in [3.63, 3.8) is 0 Å². The van der Waals surface area contributed by atoms with Crippen LogP contribution in [0.4, 0.5) is 0 Å². The maximum atomic E-state index is 11.1. The van der Waals surface area contributed by atoms with Gasteiger partial charge in [0.15, 0.2) is 0 Å². The number of quaternary nitrogens is 1. The number of ketones is 1. The molecule has 0 aromatic heterocycles. The summed E-state index contributed by atoms with van der Waals surface area (Å²) in [5.74, 6) is -0.171. The normalized spacial score (nSPS) is 30.4. The molecule has 3 heteroatoms. The number of aliphatic hydroxyl groups is 1. The molecule has 1 aliphatic carbocycles. The van der Waals surface area contributed by atoms with Gasteiger partial charge in [-0.3, -0.25) is 4.79 Å². The summed E-state index contributed by atoms with van der Waals surface area (Å²) in [4.78, 5) is 11.1. The lowest BCUT2D eigenvalue weighted by molar-refractivity contribution is -0.714. The SMILES string of the molecule is C=CC1=CC(O)([NH2+]C)C(=O)C1. The van der Waals surface area contributed by atoms with Crippen LogP contribution in [0.15, 0.2) is 24.3 Å². The predicted molar refractivity (Wildman–Crippen MR) is 40.7 cm³/mol. The fourth-order valence-corrected chi connectivity index (χ4v) is 1.12. The topological polar surface area (TPSA) is 53.9 Å². The van der Waals surface area contributed by atoms with Crippen LogP contribution in [0.2, 0.25) is 0 Å². The van der Waals surface area contributed by atoms with Crippen LogP contribution >= 0.6 is 0 Å². The Hall–Kier alpha value is -0.930. The van der Waals surface area contributed by atoms with E-state index in [1.54, 1.807) is 19.2 Å². The zero-order valence-electron chi connectivity index (χ0n) is 6.50. The first-order chi connectivity index (χ1) is 5.12. The van der Waals surface area contributed by atoms with Crippen molar-refractivity contribution in [1.82, 2.24) is 0 Å². The molecular weight excluding hydrogens is 142 g/mol. The number of Topliss-reactive ketones (excluding diaryl/α,β-unsaturated/α-hetero) is 1. The monoisotopic (exact) mass is 154 g/mol. The maximum absolute atomic E-state index is 11.1. The van der Waals surface area contributed by atoms with Gasteiger partial charge in [-0.2, -0.15) is 0 Å². The summed E-state index contributed by atoms with van der Waals surface area (Å²) in [6, 6.07) is 0. The molecule has 0 spiro atoms. The molecule has 11 heavy (non-hydrogen) atoms. The molecule has 1 unspecified atom stereocenters. The Morgan fingerprint density at radius 2 is 2.55 bits per heavy atom. The van der Waals surface area contributed by atoms with Crippen LogP contribution in [-0.2, 0) is 4.79 Å². The van der Waals surface area contributed by atoms with Crippen LogP contribution in [0.3, 0.4) is 0 Å². The van der Waals surface area contributed by atoms with Gasteiger partial charge in [0.2, 0.25) is 5.78 Å². The molecule has 3 N–H and O–H groups in total. The highest BCUT2D eigenvalue weighted by Crippen LogP contribution is 2.19. The molecule has 0 fully saturated rings. The summed E-state index contributed by atoms with van der Waals surface area (Å²) >= 11 is 0. The van der Waals surface area contributed by atoms with Crippen molar-refractivity contribution in [3.05, 3.63) is 24.3 Å². The number of carbonyl (C=O) groups is 1. The Balaban J connectivity index is 2.91. The van der Waals surface area contributed by atoms with E-state index in [-0.39, 0.29) is 5.78 Å². The molecular formula is C8H12NO2+. The standard InChI is InChI=1S/C8H11NO2/c1-3-6-4-7(10)8(11,5-6)9-2/h3,5,9,11H,1,4H2,2H3/p+1. The minimum Gasteiger partial charge on any atom is -0.333 e. The van der Waals surface area contributed by atoms with Gasteiger partial charge in [-0.25, -0.2) is 0 Å². The summed E-state index contributed by atoms with van der Waals surface area (Å²) in [6.07, 6.45) is 3.44. The summed E-state index contributed by atoms with van der Waals surface area (Å²) in [7, 11) is 1.67. The van der Waals surface area contributed by atoms with E-state index in [2.05, 4.69) is 6.58 Å².